The van der Waals surface area contributed by atoms with Crippen LogP contribution in [0, 0.1) is 6.92 Å². The van der Waals surface area contributed by atoms with Crippen molar-refractivity contribution in [2.75, 3.05) is 32.9 Å². The van der Waals surface area contributed by atoms with Crippen molar-refractivity contribution in [2.24, 2.45) is 0 Å². The van der Waals surface area contributed by atoms with E-state index < -0.39 is 0 Å². The molecule has 3 heterocycles. The van der Waals surface area contributed by atoms with Crippen LogP contribution in [0.25, 0.3) is 11.1 Å². The lowest BCUT2D eigenvalue weighted by molar-refractivity contribution is -0.146. The number of carbonyl (C=O) groups is 2. The summed E-state index contributed by atoms with van der Waals surface area (Å²) in [6, 6.07) is 3.90. The average molecular weight is 294 g/mol. The Balaban J connectivity index is 0.000000159. The summed E-state index contributed by atoms with van der Waals surface area (Å²) < 4.78 is 14.5. The molecule has 0 aromatic carbocycles. The van der Waals surface area contributed by atoms with Gasteiger partial charge in [0, 0.05) is 30.9 Å². The highest BCUT2D eigenvalue weighted by Gasteiger charge is 2.16. The van der Waals surface area contributed by atoms with E-state index in [0.717, 1.165) is 16.8 Å². The van der Waals surface area contributed by atoms with Gasteiger partial charge in [-0.15, -0.1) is 0 Å². The third kappa shape index (κ3) is 4.35. The van der Waals surface area contributed by atoms with Crippen LogP contribution in [-0.2, 0) is 19.1 Å². The Hall–Kier alpha value is -2.28. The second-order valence-electron chi connectivity index (χ2n) is 4.55. The molecular formula is C14H18N2O5. The Morgan fingerprint density at radius 3 is 2.90 bits per heavy atom. The number of nitrogens with zero attached hydrogens (tertiary/aromatic N) is 1. The highest BCUT2D eigenvalue weighted by molar-refractivity contribution is 5.78. The lowest BCUT2D eigenvalue weighted by Gasteiger charge is -2.26. The first-order chi connectivity index (χ1) is 10.2. The first-order valence-corrected chi connectivity index (χ1v) is 6.64. The molecule has 0 aliphatic carbocycles. The molecule has 3 rings (SSSR count). The van der Waals surface area contributed by atoms with Crippen molar-refractivity contribution < 1.29 is 23.5 Å². The second-order valence-corrected chi connectivity index (χ2v) is 4.55. The molecule has 1 aliphatic heterocycles. The quantitative estimate of drug-likeness (QED) is 0.856. The summed E-state index contributed by atoms with van der Waals surface area (Å²) in [5.41, 5.74) is 3.16. The number of ether oxygens (including phenoxy) is 2. The first-order valence-electron chi connectivity index (χ1n) is 6.64. The van der Waals surface area contributed by atoms with Gasteiger partial charge in [-0.2, -0.15) is 0 Å². The van der Waals surface area contributed by atoms with Gasteiger partial charge >= 0.3 is 0 Å². The van der Waals surface area contributed by atoms with Crippen molar-refractivity contribution in [1.82, 2.24) is 9.88 Å². The zero-order valence-electron chi connectivity index (χ0n) is 11.8. The molecule has 1 aliphatic rings. The van der Waals surface area contributed by atoms with E-state index in [1.165, 1.54) is 0 Å². The number of H-pyrrole nitrogens is 1. The van der Waals surface area contributed by atoms with E-state index in [2.05, 4.69) is 9.72 Å². The number of hydrogen-bond acceptors (Lipinski definition) is 5. The summed E-state index contributed by atoms with van der Waals surface area (Å²) in [5.74, 6) is -0.162. The molecule has 2 aromatic rings. The summed E-state index contributed by atoms with van der Waals surface area (Å²) in [5, 5.41) is 0. The van der Waals surface area contributed by atoms with E-state index in [1.807, 2.05) is 19.1 Å². The monoisotopic (exact) mass is 294 g/mol. The van der Waals surface area contributed by atoms with Crippen LogP contribution in [0.4, 0.5) is 0 Å². The van der Waals surface area contributed by atoms with Crippen molar-refractivity contribution in [1.29, 1.82) is 0 Å². The second kappa shape index (κ2) is 7.49. The molecule has 1 fully saturated rings. The number of carbonyl (C=O) groups excluding carboxylic acids is 2. The van der Waals surface area contributed by atoms with Gasteiger partial charge in [-0.05, 0) is 6.92 Å². The molecule has 1 saturated heterocycles. The third-order valence-corrected chi connectivity index (χ3v) is 3.01. The van der Waals surface area contributed by atoms with Gasteiger partial charge in [0.2, 0.25) is 0 Å². The maximum absolute atomic E-state index is 11.1. The van der Waals surface area contributed by atoms with E-state index >= 15 is 0 Å². The number of morpholine rings is 1. The number of rotatable bonds is 3. The fourth-order valence-corrected chi connectivity index (χ4v) is 1.99. The van der Waals surface area contributed by atoms with Gasteiger partial charge < -0.3 is 23.8 Å². The highest BCUT2D eigenvalue weighted by Crippen LogP contribution is 2.14. The Kier molecular flexibility index (Phi) is 5.39. The van der Waals surface area contributed by atoms with Crippen LogP contribution in [0.2, 0.25) is 0 Å². The Labute approximate surface area is 121 Å². The zero-order valence-corrected chi connectivity index (χ0v) is 11.8. The Bertz CT molecular complexity index is 554. The van der Waals surface area contributed by atoms with Gasteiger partial charge in [-0.1, -0.05) is 0 Å². The van der Waals surface area contributed by atoms with E-state index in [0.29, 0.717) is 26.3 Å². The van der Waals surface area contributed by atoms with E-state index in [-0.39, 0.29) is 19.0 Å². The molecule has 7 heteroatoms. The van der Waals surface area contributed by atoms with Gasteiger partial charge in [-0.3, -0.25) is 9.59 Å². The molecule has 2 aromatic heterocycles. The number of furan rings is 1. The summed E-state index contributed by atoms with van der Waals surface area (Å²) >= 11 is 0. The predicted octanol–water partition coefficient (Wildman–Crippen LogP) is 1.09. The minimum atomic E-state index is -0.163. The molecule has 0 radical (unpaired) electrons. The molecule has 0 bridgehead atoms. The summed E-state index contributed by atoms with van der Waals surface area (Å²) in [4.78, 5) is 25.7. The summed E-state index contributed by atoms with van der Waals surface area (Å²) in [6.07, 6.45) is 1.68. The third-order valence-electron chi connectivity index (χ3n) is 3.01. The van der Waals surface area contributed by atoms with Crippen LogP contribution in [0.3, 0.4) is 0 Å². The maximum Gasteiger partial charge on any atom is 0.293 e. The molecule has 0 saturated carbocycles. The Morgan fingerprint density at radius 1 is 1.48 bits per heavy atom. The lowest BCUT2D eigenvalue weighted by atomic mass is 10.4. The topological polar surface area (TPSA) is 84.8 Å². The summed E-state index contributed by atoms with van der Waals surface area (Å²) in [6.45, 7) is 4.42. The normalized spacial score (nSPS) is 14.4. The standard InChI is InChI=1S/C7H11NO4.C7H7NO/c9-6-12-5-7(10)8-1-3-11-4-2-8;1-5-4-7-6(8-5)2-3-9-7/h6H,1-5H2;2-4,8H,1H3. The van der Waals surface area contributed by atoms with Crippen molar-refractivity contribution >= 4 is 23.5 Å². The molecule has 21 heavy (non-hydrogen) atoms. The highest BCUT2D eigenvalue weighted by atomic mass is 16.5. The van der Waals surface area contributed by atoms with Crippen molar-refractivity contribution in [3.63, 3.8) is 0 Å². The van der Waals surface area contributed by atoms with Crippen LogP contribution in [0.15, 0.2) is 22.8 Å². The number of aryl methyl sites for hydroxylation is 1. The van der Waals surface area contributed by atoms with Gasteiger partial charge in [0.1, 0.15) is 0 Å². The molecule has 114 valence electrons. The number of aromatic nitrogens is 1. The average Bonchev–Trinajstić information content (AvgIpc) is 3.06. The SMILES string of the molecule is Cc1cc2occc2[nH]1.O=COCC(=O)N1CCOCC1. The van der Waals surface area contributed by atoms with Crippen molar-refractivity contribution in [3.05, 3.63) is 24.1 Å². The van der Waals surface area contributed by atoms with Gasteiger partial charge in [-0.25, -0.2) is 0 Å². The fraction of sp³-hybridized carbons (Fsp3) is 0.429. The van der Waals surface area contributed by atoms with Crippen LogP contribution < -0.4 is 0 Å². The Morgan fingerprint density at radius 2 is 2.24 bits per heavy atom. The van der Waals surface area contributed by atoms with Crippen LogP contribution in [0.5, 0.6) is 0 Å². The van der Waals surface area contributed by atoms with Crippen LogP contribution in [0.1, 0.15) is 5.69 Å². The molecule has 0 spiro atoms. The predicted molar refractivity (Wildman–Crippen MR) is 74.7 cm³/mol. The minimum absolute atomic E-state index is 0.162. The molecule has 1 N–H and O–H groups in total. The van der Waals surface area contributed by atoms with E-state index in [9.17, 15) is 9.59 Å². The van der Waals surface area contributed by atoms with E-state index in [1.54, 1.807) is 11.2 Å². The molecular weight excluding hydrogens is 276 g/mol. The molecule has 0 atom stereocenters. The lowest BCUT2D eigenvalue weighted by Crippen LogP contribution is -2.42. The van der Waals surface area contributed by atoms with Crippen LogP contribution in [-0.4, -0.2) is 55.2 Å². The number of aromatic amines is 1. The van der Waals surface area contributed by atoms with Gasteiger partial charge in [0.05, 0.1) is 25.0 Å². The number of fused-ring (bicyclic) bond motifs is 1. The molecule has 7 nitrogen and oxygen atoms in total. The smallest absolute Gasteiger partial charge is 0.293 e. The fourth-order valence-electron chi connectivity index (χ4n) is 1.99. The largest absolute Gasteiger partial charge is 0.463 e. The van der Waals surface area contributed by atoms with Gasteiger partial charge in [0.15, 0.2) is 12.2 Å². The number of nitrogens with one attached hydrogen (secondary N) is 1. The molecule has 0 unspecified atom stereocenters. The summed E-state index contributed by atoms with van der Waals surface area (Å²) in [7, 11) is 0. The zero-order chi connectivity index (χ0) is 15.1. The van der Waals surface area contributed by atoms with Crippen LogP contribution >= 0.6 is 0 Å². The minimum Gasteiger partial charge on any atom is -0.463 e. The van der Waals surface area contributed by atoms with Crippen molar-refractivity contribution in [2.45, 2.75) is 6.92 Å². The first kappa shape index (κ1) is 15.1. The molecule has 1 amide bonds. The van der Waals surface area contributed by atoms with Gasteiger partial charge in [0.25, 0.3) is 12.4 Å². The number of amides is 1. The maximum atomic E-state index is 11.1. The number of hydrogen-bond donors (Lipinski definition) is 1. The van der Waals surface area contributed by atoms with E-state index in [4.69, 9.17) is 9.15 Å². The van der Waals surface area contributed by atoms with Crippen molar-refractivity contribution in [3.8, 4) is 0 Å².